The lowest BCUT2D eigenvalue weighted by Gasteiger charge is -2.00. The SMILES string of the molecule is Cc1onc(-c2ccc(F)c([N+](=O)[O-])c2)c1CN=[N+]=[N-]. The van der Waals surface area contributed by atoms with Crippen molar-refractivity contribution in [1.29, 1.82) is 0 Å². The number of nitro benzene ring substituents is 1. The zero-order chi connectivity index (χ0) is 14.7. The molecule has 0 saturated carbocycles. The second-order valence-electron chi connectivity index (χ2n) is 3.88. The lowest BCUT2D eigenvalue weighted by molar-refractivity contribution is -0.387. The number of aryl methyl sites for hydroxylation is 1. The first-order valence-corrected chi connectivity index (χ1v) is 5.45. The fourth-order valence-corrected chi connectivity index (χ4v) is 1.71. The second-order valence-corrected chi connectivity index (χ2v) is 3.88. The van der Waals surface area contributed by atoms with Gasteiger partial charge in [0.05, 0.1) is 11.5 Å². The number of rotatable bonds is 4. The van der Waals surface area contributed by atoms with Crippen LogP contribution < -0.4 is 0 Å². The number of nitro groups is 1. The molecule has 0 aliphatic rings. The van der Waals surface area contributed by atoms with Gasteiger partial charge in [-0.2, -0.15) is 4.39 Å². The smallest absolute Gasteiger partial charge is 0.305 e. The van der Waals surface area contributed by atoms with Gasteiger partial charge >= 0.3 is 5.69 Å². The van der Waals surface area contributed by atoms with Crippen molar-refractivity contribution >= 4 is 5.69 Å². The van der Waals surface area contributed by atoms with Crippen molar-refractivity contribution in [1.82, 2.24) is 5.16 Å². The summed E-state index contributed by atoms with van der Waals surface area (Å²) in [6, 6.07) is 3.39. The molecule has 1 heterocycles. The van der Waals surface area contributed by atoms with E-state index in [9.17, 15) is 14.5 Å². The average Bonchev–Trinajstić information content (AvgIpc) is 2.78. The van der Waals surface area contributed by atoms with Gasteiger partial charge in [0.2, 0.25) is 5.82 Å². The monoisotopic (exact) mass is 277 g/mol. The molecule has 0 amide bonds. The Morgan fingerprint density at radius 2 is 2.35 bits per heavy atom. The highest BCUT2D eigenvalue weighted by atomic mass is 19.1. The number of nitrogens with zero attached hydrogens (tertiary/aromatic N) is 5. The summed E-state index contributed by atoms with van der Waals surface area (Å²) < 4.78 is 18.3. The Bertz CT molecular complexity index is 721. The van der Waals surface area contributed by atoms with E-state index >= 15 is 0 Å². The van der Waals surface area contributed by atoms with E-state index in [1.54, 1.807) is 6.92 Å². The molecule has 0 unspecified atom stereocenters. The largest absolute Gasteiger partial charge is 0.361 e. The lowest BCUT2D eigenvalue weighted by Crippen LogP contribution is -1.94. The Hall–Kier alpha value is -2.93. The first kappa shape index (κ1) is 13.5. The maximum absolute atomic E-state index is 13.3. The quantitative estimate of drug-likeness (QED) is 0.279. The van der Waals surface area contributed by atoms with Gasteiger partial charge in [-0.25, -0.2) is 0 Å². The number of hydrogen-bond acceptors (Lipinski definition) is 5. The second kappa shape index (κ2) is 5.37. The molecule has 2 rings (SSSR count). The van der Waals surface area contributed by atoms with Crippen LogP contribution in [-0.2, 0) is 6.54 Å². The van der Waals surface area contributed by atoms with Crippen LogP contribution >= 0.6 is 0 Å². The minimum atomic E-state index is -0.935. The van der Waals surface area contributed by atoms with Crippen LogP contribution in [0.3, 0.4) is 0 Å². The van der Waals surface area contributed by atoms with Crippen molar-refractivity contribution in [2.45, 2.75) is 13.5 Å². The normalized spacial score (nSPS) is 10.1. The predicted molar refractivity (Wildman–Crippen MR) is 66.1 cm³/mol. The maximum atomic E-state index is 13.3. The van der Waals surface area contributed by atoms with E-state index < -0.39 is 16.4 Å². The van der Waals surface area contributed by atoms with Gasteiger partial charge in [0, 0.05) is 22.1 Å². The molecule has 1 aromatic carbocycles. The molecule has 0 saturated heterocycles. The van der Waals surface area contributed by atoms with Crippen molar-refractivity contribution in [3.63, 3.8) is 0 Å². The molecule has 1 aromatic heterocycles. The van der Waals surface area contributed by atoms with E-state index in [-0.39, 0.29) is 12.2 Å². The summed E-state index contributed by atoms with van der Waals surface area (Å²) in [7, 11) is 0. The number of aromatic nitrogens is 1. The molecule has 102 valence electrons. The van der Waals surface area contributed by atoms with Gasteiger partial charge in [0.25, 0.3) is 0 Å². The summed E-state index contributed by atoms with van der Waals surface area (Å²) in [5.74, 6) is -0.505. The highest BCUT2D eigenvalue weighted by Gasteiger charge is 2.19. The van der Waals surface area contributed by atoms with Crippen LogP contribution in [-0.4, -0.2) is 10.1 Å². The third kappa shape index (κ3) is 2.43. The molecule has 2 aromatic rings. The van der Waals surface area contributed by atoms with Crippen LogP contribution in [0.2, 0.25) is 0 Å². The molecule has 0 aliphatic heterocycles. The first-order valence-electron chi connectivity index (χ1n) is 5.45. The van der Waals surface area contributed by atoms with Gasteiger partial charge in [-0.3, -0.25) is 10.1 Å². The highest BCUT2D eigenvalue weighted by Crippen LogP contribution is 2.29. The van der Waals surface area contributed by atoms with Crippen LogP contribution in [0.1, 0.15) is 11.3 Å². The zero-order valence-electron chi connectivity index (χ0n) is 10.3. The van der Waals surface area contributed by atoms with Crippen LogP contribution in [0.15, 0.2) is 27.8 Å². The zero-order valence-corrected chi connectivity index (χ0v) is 10.3. The third-order valence-electron chi connectivity index (χ3n) is 2.69. The fourth-order valence-electron chi connectivity index (χ4n) is 1.71. The first-order chi connectivity index (χ1) is 9.54. The van der Waals surface area contributed by atoms with Gasteiger partial charge in [0.1, 0.15) is 11.5 Å². The van der Waals surface area contributed by atoms with Crippen LogP contribution in [0, 0.1) is 22.9 Å². The van der Waals surface area contributed by atoms with Crippen molar-refractivity contribution in [3.05, 3.63) is 55.9 Å². The van der Waals surface area contributed by atoms with E-state index in [1.165, 1.54) is 6.07 Å². The van der Waals surface area contributed by atoms with E-state index in [0.717, 1.165) is 12.1 Å². The molecule has 0 fully saturated rings. The minimum Gasteiger partial charge on any atom is -0.361 e. The van der Waals surface area contributed by atoms with Gasteiger partial charge < -0.3 is 4.52 Å². The van der Waals surface area contributed by atoms with E-state index in [2.05, 4.69) is 15.2 Å². The van der Waals surface area contributed by atoms with Gasteiger partial charge in [-0.05, 0) is 24.6 Å². The van der Waals surface area contributed by atoms with Crippen molar-refractivity contribution < 1.29 is 13.8 Å². The number of halogens is 1. The van der Waals surface area contributed by atoms with Crippen LogP contribution in [0.25, 0.3) is 21.7 Å². The summed E-state index contributed by atoms with van der Waals surface area (Å²) in [6.07, 6.45) is 0. The Balaban J connectivity index is 2.54. The van der Waals surface area contributed by atoms with E-state index in [0.29, 0.717) is 16.9 Å². The Labute approximate surface area is 111 Å². The predicted octanol–water partition coefficient (Wildman–Crippen LogP) is 3.51. The Kier molecular flexibility index (Phi) is 3.62. The molecule has 0 atom stereocenters. The van der Waals surface area contributed by atoms with Gasteiger partial charge in [0.15, 0.2) is 0 Å². The molecule has 0 N–H and O–H groups in total. The topological polar surface area (TPSA) is 118 Å². The highest BCUT2D eigenvalue weighted by molar-refractivity contribution is 5.66. The summed E-state index contributed by atoms with van der Waals surface area (Å²) >= 11 is 0. The van der Waals surface area contributed by atoms with Gasteiger partial charge in [-0.1, -0.05) is 10.3 Å². The maximum Gasteiger partial charge on any atom is 0.305 e. The third-order valence-corrected chi connectivity index (χ3v) is 2.69. The van der Waals surface area contributed by atoms with Crippen molar-refractivity contribution in [2.24, 2.45) is 5.11 Å². The minimum absolute atomic E-state index is 0.00760. The molecule has 20 heavy (non-hydrogen) atoms. The molecular formula is C11H8FN5O3. The van der Waals surface area contributed by atoms with Crippen molar-refractivity contribution in [3.8, 4) is 11.3 Å². The standard InChI is InChI=1S/C11H8FN5O3/c1-6-8(5-14-16-13)11(15-20-6)7-2-3-9(12)10(4-7)17(18)19/h2-4H,5H2,1H3. The van der Waals surface area contributed by atoms with Gasteiger partial charge in [-0.15, -0.1) is 0 Å². The number of azide groups is 1. The van der Waals surface area contributed by atoms with E-state index in [4.69, 9.17) is 10.1 Å². The molecular weight excluding hydrogens is 269 g/mol. The Morgan fingerprint density at radius 1 is 1.60 bits per heavy atom. The number of hydrogen-bond donors (Lipinski definition) is 0. The molecule has 0 radical (unpaired) electrons. The molecule has 0 aliphatic carbocycles. The molecule has 0 bridgehead atoms. The summed E-state index contributed by atoms with van der Waals surface area (Å²) in [5, 5.41) is 17.9. The molecule has 0 spiro atoms. The van der Waals surface area contributed by atoms with Crippen LogP contribution in [0.4, 0.5) is 10.1 Å². The fraction of sp³-hybridized carbons (Fsp3) is 0.182. The Morgan fingerprint density at radius 3 is 3.00 bits per heavy atom. The average molecular weight is 277 g/mol. The summed E-state index contributed by atoms with van der Waals surface area (Å²) in [4.78, 5) is 12.5. The lowest BCUT2D eigenvalue weighted by atomic mass is 10.1. The molecule has 9 heteroatoms. The van der Waals surface area contributed by atoms with E-state index in [1.807, 2.05) is 0 Å². The summed E-state index contributed by atoms with van der Waals surface area (Å²) in [5.41, 5.74) is 8.80. The van der Waals surface area contributed by atoms with Crippen LogP contribution in [0.5, 0.6) is 0 Å². The van der Waals surface area contributed by atoms with Crippen molar-refractivity contribution in [2.75, 3.05) is 0 Å². The summed E-state index contributed by atoms with van der Waals surface area (Å²) in [6.45, 7) is 1.61. The number of benzene rings is 1. The molecule has 8 nitrogen and oxygen atoms in total.